The van der Waals surface area contributed by atoms with Crippen LogP contribution in [-0.4, -0.2) is 21.1 Å². The molecule has 0 saturated heterocycles. The van der Waals surface area contributed by atoms with Crippen LogP contribution in [0.4, 0.5) is 0 Å². The Morgan fingerprint density at radius 2 is 2.00 bits per heavy atom. The average molecular weight is 343 g/mol. The molecule has 1 heterocycles. The average Bonchev–Trinajstić information content (AvgIpc) is 2.86. The maximum absolute atomic E-state index is 6.37. The Morgan fingerprint density at radius 3 is 2.62 bits per heavy atom. The number of thioether (sulfide) groups is 1. The van der Waals surface area contributed by atoms with E-state index >= 15 is 0 Å². The molecule has 5 heteroatoms. The molecule has 1 saturated carbocycles. The van der Waals surface area contributed by atoms with Crippen LogP contribution in [0.15, 0.2) is 18.2 Å². The van der Waals surface area contributed by atoms with Crippen LogP contribution in [0.2, 0.25) is 5.02 Å². The van der Waals surface area contributed by atoms with Gasteiger partial charge in [-0.2, -0.15) is 11.8 Å². The van der Waals surface area contributed by atoms with Crippen molar-refractivity contribution < 1.29 is 0 Å². The summed E-state index contributed by atoms with van der Waals surface area (Å²) in [6.45, 7) is 1.99. The van der Waals surface area contributed by atoms with Gasteiger partial charge in [-0.15, -0.1) is 11.6 Å². The van der Waals surface area contributed by atoms with Gasteiger partial charge >= 0.3 is 0 Å². The molecule has 0 radical (unpaired) electrons. The van der Waals surface area contributed by atoms with E-state index in [1.165, 1.54) is 25.7 Å². The molecule has 1 aliphatic carbocycles. The van der Waals surface area contributed by atoms with E-state index in [0.29, 0.717) is 6.04 Å². The third kappa shape index (κ3) is 3.06. The Kier molecular flexibility index (Phi) is 4.72. The zero-order chi connectivity index (χ0) is 15.0. The molecule has 2 nitrogen and oxygen atoms in total. The van der Waals surface area contributed by atoms with Gasteiger partial charge in [-0.05, 0) is 57.1 Å². The molecule has 0 amide bonds. The highest BCUT2D eigenvalue weighted by molar-refractivity contribution is 7.99. The number of aromatic nitrogens is 2. The monoisotopic (exact) mass is 342 g/mol. The summed E-state index contributed by atoms with van der Waals surface area (Å²) in [4.78, 5) is 4.73. The van der Waals surface area contributed by atoms with E-state index in [2.05, 4.69) is 10.8 Å². The number of alkyl halides is 1. The van der Waals surface area contributed by atoms with Crippen molar-refractivity contribution in [1.29, 1.82) is 0 Å². The minimum Gasteiger partial charge on any atom is -0.324 e. The predicted molar refractivity (Wildman–Crippen MR) is 93.8 cm³/mol. The van der Waals surface area contributed by atoms with E-state index < -0.39 is 0 Å². The van der Waals surface area contributed by atoms with E-state index in [4.69, 9.17) is 28.2 Å². The van der Waals surface area contributed by atoms with Gasteiger partial charge in [-0.1, -0.05) is 11.6 Å². The minimum atomic E-state index is -0.0885. The fraction of sp³-hybridized carbons (Fsp3) is 0.562. The SMILES string of the molecule is CSC1CCC(n2c(C(C)Cl)nc3ccc(Cl)cc32)CC1. The molecule has 1 fully saturated rings. The third-order valence-corrected chi connectivity index (χ3v) is 5.95. The number of benzene rings is 1. The lowest BCUT2D eigenvalue weighted by Gasteiger charge is -2.30. The lowest BCUT2D eigenvalue weighted by Crippen LogP contribution is -2.21. The predicted octanol–water partition coefficient (Wildman–Crippen LogP) is 5.84. The van der Waals surface area contributed by atoms with Crippen molar-refractivity contribution in [2.75, 3.05) is 6.26 Å². The molecule has 1 atom stereocenters. The zero-order valence-corrected chi connectivity index (χ0v) is 14.7. The Labute approximate surface area is 140 Å². The first-order chi connectivity index (χ1) is 10.1. The second-order valence-corrected chi connectivity index (χ2v) is 7.98. The molecule has 1 unspecified atom stereocenters. The van der Waals surface area contributed by atoms with Crippen LogP contribution in [0.1, 0.15) is 49.9 Å². The smallest absolute Gasteiger partial charge is 0.127 e. The maximum Gasteiger partial charge on any atom is 0.127 e. The summed E-state index contributed by atoms with van der Waals surface area (Å²) in [6, 6.07) is 6.40. The van der Waals surface area contributed by atoms with Crippen LogP contribution in [0.25, 0.3) is 11.0 Å². The lowest BCUT2D eigenvalue weighted by atomic mass is 9.94. The Morgan fingerprint density at radius 1 is 1.29 bits per heavy atom. The van der Waals surface area contributed by atoms with Gasteiger partial charge in [0.15, 0.2) is 0 Å². The van der Waals surface area contributed by atoms with Gasteiger partial charge in [0.1, 0.15) is 5.82 Å². The topological polar surface area (TPSA) is 17.8 Å². The maximum atomic E-state index is 6.37. The molecule has 0 bridgehead atoms. The summed E-state index contributed by atoms with van der Waals surface area (Å²) in [6.07, 6.45) is 7.13. The molecule has 2 aromatic rings. The summed E-state index contributed by atoms with van der Waals surface area (Å²) in [7, 11) is 0. The Balaban J connectivity index is 2.03. The molecule has 3 rings (SSSR count). The number of imidazole rings is 1. The van der Waals surface area contributed by atoms with Gasteiger partial charge in [0, 0.05) is 16.3 Å². The number of fused-ring (bicyclic) bond motifs is 1. The van der Waals surface area contributed by atoms with Crippen LogP contribution in [0, 0.1) is 0 Å². The fourth-order valence-corrected chi connectivity index (χ4v) is 4.35. The van der Waals surface area contributed by atoms with Crippen molar-refractivity contribution >= 4 is 46.0 Å². The highest BCUT2D eigenvalue weighted by atomic mass is 35.5. The van der Waals surface area contributed by atoms with Crippen LogP contribution in [0.5, 0.6) is 0 Å². The van der Waals surface area contributed by atoms with Gasteiger partial charge in [-0.25, -0.2) is 4.98 Å². The first kappa shape index (κ1) is 15.5. The van der Waals surface area contributed by atoms with Gasteiger partial charge < -0.3 is 4.57 Å². The van der Waals surface area contributed by atoms with Crippen molar-refractivity contribution in [1.82, 2.24) is 9.55 Å². The van der Waals surface area contributed by atoms with E-state index in [9.17, 15) is 0 Å². The van der Waals surface area contributed by atoms with Crippen molar-refractivity contribution in [2.24, 2.45) is 0 Å². The van der Waals surface area contributed by atoms with E-state index in [1.807, 2.05) is 36.9 Å². The summed E-state index contributed by atoms with van der Waals surface area (Å²) in [5, 5.41) is 1.47. The quantitative estimate of drug-likeness (QED) is 0.652. The summed E-state index contributed by atoms with van der Waals surface area (Å²) in [5.41, 5.74) is 2.12. The standard InChI is InChI=1S/C16H20Cl2N2S/c1-10(17)16-19-14-8-3-11(18)9-15(14)20(16)12-4-6-13(21-2)7-5-12/h3,8-10,12-13H,4-7H2,1-2H3. The van der Waals surface area contributed by atoms with Gasteiger partial charge in [0.2, 0.25) is 0 Å². The molecule has 0 N–H and O–H groups in total. The second kappa shape index (κ2) is 6.39. The van der Waals surface area contributed by atoms with Gasteiger partial charge in [0.05, 0.1) is 16.4 Å². The van der Waals surface area contributed by atoms with E-state index in [0.717, 1.165) is 27.1 Å². The third-order valence-electron chi connectivity index (χ3n) is 4.38. The van der Waals surface area contributed by atoms with Crippen LogP contribution >= 0.6 is 35.0 Å². The second-order valence-electron chi connectivity index (χ2n) is 5.76. The molecule has 1 aliphatic rings. The normalized spacial score (nSPS) is 24.4. The molecule has 114 valence electrons. The number of rotatable bonds is 3. The van der Waals surface area contributed by atoms with Crippen molar-refractivity contribution in [2.45, 2.75) is 49.3 Å². The van der Waals surface area contributed by atoms with Crippen molar-refractivity contribution in [3.05, 3.63) is 29.0 Å². The van der Waals surface area contributed by atoms with Crippen LogP contribution < -0.4 is 0 Å². The summed E-state index contributed by atoms with van der Waals surface area (Å²) < 4.78 is 2.34. The number of halogens is 2. The molecular weight excluding hydrogens is 323 g/mol. The lowest BCUT2D eigenvalue weighted by molar-refractivity contribution is 0.359. The van der Waals surface area contributed by atoms with Crippen LogP contribution in [-0.2, 0) is 0 Å². The molecule has 0 spiro atoms. The molecule has 1 aromatic heterocycles. The molecule has 0 aliphatic heterocycles. The Hall–Kier alpha value is -0.380. The number of hydrogen-bond donors (Lipinski definition) is 0. The number of hydrogen-bond acceptors (Lipinski definition) is 2. The highest BCUT2D eigenvalue weighted by Gasteiger charge is 2.26. The first-order valence-electron chi connectivity index (χ1n) is 7.44. The molecule has 21 heavy (non-hydrogen) atoms. The summed E-state index contributed by atoms with van der Waals surface area (Å²) >= 11 is 14.6. The minimum absolute atomic E-state index is 0.0885. The summed E-state index contributed by atoms with van der Waals surface area (Å²) in [5.74, 6) is 0.974. The number of nitrogens with zero attached hydrogens (tertiary/aromatic N) is 2. The van der Waals surface area contributed by atoms with Crippen LogP contribution in [0.3, 0.4) is 0 Å². The van der Waals surface area contributed by atoms with E-state index in [-0.39, 0.29) is 5.38 Å². The Bertz CT molecular complexity index is 630. The van der Waals surface area contributed by atoms with E-state index in [1.54, 1.807) is 0 Å². The zero-order valence-electron chi connectivity index (χ0n) is 12.4. The molecule has 1 aromatic carbocycles. The van der Waals surface area contributed by atoms with Gasteiger partial charge in [-0.3, -0.25) is 0 Å². The van der Waals surface area contributed by atoms with Gasteiger partial charge in [0.25, 0.3) is 0 Å². The first-order valence-corrected chi connectivity index (χ1v) is 9.54. The fourth-order valence-electron chi connectivity index (χ4n) is 3.29. The molecular formula is C16H20Cl2N2S. The van der Waals surface area contributed by atoms with Crippen molar-refractivity contribution in [3.8, 4) is 0 Å². The highest BCUT2D eigenvalue weighted by Crippen LogP contribution is 2.38. The van der Waals surface area contributed by atoms with Crippen molar-refractivity contribution in [3.63, 3.8) is 0 Å². The largest absolute Gasteiger partial charge is 0.324 e.